The number of halogens is 1. The van der Waals surface area contributed by atoms with E-state index in [0.717, 1.165) is 0 Å². The maximum Gasteiger partial charge on any atom is 0.265 e. The van der Waals surface area contributed by atoms with Crippen molar-refractivity contribution in [3.05, 3.63) is 29.1 Å². The molecule has 114 valence electrons. The molecule has 0 unspecified atom stereocenters. The van der Waals surface area contributed by atoms with E-state index in [1.807, 2.05) is 6.92 Å². The van der Waals surface area contributed by atoms with E-state index in [2.05, 4.69) is 30.7 Å². The minimum absolute atomic E-state index is 0.0896. The van der Waals surface area contributed by atoms with Crippen molar-refractivity contribution in [2.45, 2.75) is 25.3 Å². The van der Waals surface area contributed by atoms with E-state index in [1.54, 1.807) is 13.0 Å². The smallest absolute Gasteiger partial charge is 0.265 e. The fraction of sp³-hybridized carbons (Fsp3) is 0.333. The summed E-state index contributed by atoms with van der Waals surface area (Å²) in [5.41, 5.74) is 0.274. The second-order valence-corrected chi connectivity index (χ2v) is 6.67. The standard InChI is InChI=1S/C12H15BrN4O3S/c1-3-17-8-10(7-15-17)21(18,19)16-11-5-9(13)6-14-12(11)20-4-2/h5-8,16H,3-4H2,1-2H3. The molecule has 0 spiro atoms. The summed E-state index contributed by atoms with van der Waals surface area (Å²) in [6.07, 6.45) is 4.31. The van der Waals surface area contributed by atoms with Crippen molar-refractivity contribution in [1.82, 2.24) is 14.8 Å². The van der Waals surface area contributed by atoms with Crippen molar-refractivity contribution < 1.29 is 13.2 Å². The fourth-order valence-corrected chi connectivity index (χ4v) is 2.94. The highest BCUT2D eigenvalue weighted by Gasteiger charge is 2.19. The number of nitrogens with one attached hydrogen (secondary N) is 1. The maximum absolute atomic E-state index is 12.3. The van der Waals surface area contributed by atoms with Gasteiger partial charge in [0, 0.05) is 23.4 Å². The van der Waals surface area contributed by atoms with E-state index < -0.39 is 10.0 Å². The van der Waals surface area contributed by atoms with Crippen LogP contribution < -0.4 is 9.46 Å². The molecule has 1 N–H and O–H groups in total. The molecule has 2 aromatic heterocycles. The van der Waals surface area contributed by atoms with Crippen molar-refractivity contribution in [3.8, 4) is 5.88 Å². The third-order valence-electron chi connectivity index (χ3n) is 2.59. The zero-order chi connectivity index (χ0) is 15.5. The summed E-state index contributed by atoms with van der Waals surface area (Å²) in [7, 11) is -3.73. The van der Waals surface area contributed by atoms with Crippen LogP contribution in [0, 0.1) is 0 Å². The molecule has 0 radical (unpaired) electrons. The number of hydrogen-bond donors (Lipinski definition) is 1. The third-order valence-corrected chi connectivity index (χ3v) is 4.34. The van der Waals surface area contributed by atoms with E-state index in [9.17, 15) is 8.42 Å². The molecule has 0 fully saturated rings. The molecule has 0 saturated heterocycles. The van der Waals surface area contributed by atoms with Gasteiger partial charge in [0.2, 0.25) is 5.88 Å². The van der Waals surface area contributed by atoms with Gasteiger partial charge in [-0.15, -0.1) is 0 Å². The number of anilines is 1. The summed E-state index contributed by atoms with van der Waals surface area (Å²) in [4.78, 5) is 4.14. The van der Waals surface area contributed by atoms with Gasteiger partial charge in [-0.1, -0.05) is 0 Å². The maximum atomic E-state index is 12.3. The van der Waals surface area contributed by atoms with E-state index >= 15 is 0 Å². The SMILES string of the molecule is CCOc1ncc(Br)cc1NS(=O)(=O)c1cnn(CC)c1. The normalized spacial score (nSPS) is 11.4. The van der Waals surface area contributed by atoms with E-state index in [4.69, 9.17) is 4.74 Å². The van der Waals surface area contributed by atoms with Gasteiger partial charge in [-0.25, -0.2) is 13.4 Å². The van der Waals surface area contributed by atoms with Gasteiger partial charge < -0.3 is 4.74 Å². The first kappa shape index (κ1) is 15.8. The van der Waals surface area contributed by atoms with Crippen molar-refractivity contribution >= 4 is 31.6 Å². The first-order chi connectivity index (χ1) is 9.96. The van der Waals surface area contributed by atoms with Crippen LogP contribution in [-0.4, -0.2) is 29.8 Å². The molecule has 2 aromatic rings. The van der Waals surface area contributed by atoms with Crippen molar-refractivity contribution in [1.29, 1.82) is 0 Å². The molecule has 0 aromatic carbocycles. The van der Waals surface area contributed by atoms with E-state index in [1.165, 1.54) is 23.3 Å². The molecule has 2 rings (SSSR count). The van der Waals surface area contributed by atoms with Crippen molar-refractivity contribution in [2.24, 2.45) is 0 Å². The van der Waals surface area contributed by atoms with Crippen LogP contribution in [0.2, 0.25) is 0 Å². The van der Waals surface area contributed by atoms with Crippen molar-refractivity contribution in [2.75, 3.05) is 11.3 Å². The monoisotopic (exact) mass is 374 g/mol. The minimum Gasteiger partial charge on any atom is -0.476 e. The molecule has 21 heavy (non-hydrogen) atoms. The quantitative estimate of drug-likeness (QED) is 0.837. The van der Waals surface area contributed by atoms with Crippen LogP contribution >= 0.6 is 15.9 Å². The summed E-state index contributed by atoms with van der Waals surface area (Å²) < 4.78 is 34.6. The van der Waals surface area contributed by atoms with Crippen LogP contribution in [0.1, 0.15) is 13.8 Å². The predicted octanol–water partition coefficient (Wildman–Crippen LogP) is 2.26. The first-order valence-electron chi connectivity index (χ1n) is 6.30. The Morgan fingerprint density at radius 3 is 2.76 bits per heavy atom. The number of aryl methyl sites for hydroxylation is 1. The van der Waals surface area contributed by atoms with Gasteiger partial charge in [-0.05, 0) is 35.8 Å². The fourth-order valence-electron chi connectivity index (χ4n) is 1.61. The number of aromatic nitrogens is 3. The Balaban J connectivity index is 2.33. The second-order valence-electron chi connectivity index (χ2n) is 4.08. The summed E-state index contributed by atoms with van der Waals surface area (Å²) in [6, 6.07) is 1.60. The average molecular weight is 375 g/mol. The zero-order valence-electron chi connectivity index (χ0n) is 11.6. The Bertz CT molecular complexity index is 730. The number of pyridine rings is 1. The van der Waals surface area contributed by atoms with Crippen LogP contribution in [0.25, 0.3) is 0 Å². The Labute approximate surface area is 131 Å². The predicted molar refractivity (Wildman–Crippen MR) is 81.8 cm³/mol. The number of sulfonamides is 1. The second kappa shape index (κ2) is 6.44. The van der Waals surface area contributed by atoms with Crippen LogP contribution in [0.4, 0.5) is 5.69 Å². The number of ether oxygens (including phenoxy) is 1. The van der Waals surface area contributed by atoms with Gasteiger partial charge in [0.05, 0.1) is 12.8 Å². The van der Waals surface area contributed by atoms with Crippen LogP contribution in [-0.2, 0) is 16.6 Å². The molecule has 7 nitrogen and oxygen atoms in total. The Morgan fingerprint density at radius 1 is 1.38 bits per heavy atom. The molecule has 0 aliphatic heterocycles. The molecule has 0 aliphatic carbocycles. The molecule has 0 saturated carbocycles. The molecule has 0 bridgehead atoms. The molecule has 2 heterocycles. The van der Waals surface area contributed by atoms with Gasteiger partial charge >= 0.3 is 0 Å². The lowest BCUT2D eigenvalue weighted by atomic mass is 10.4. The highest BCUT2D eigenvalue weighted by molar-refractivity contribution is 9.10. The van der Waals surface area contributed by atoms with Crippen molar-refractivity contribution in [3.63, 3.8) is 0 Å². The van der Waals surface area contributed by atoms with Gasteiger partial charge in [-0.2, -0.15) is 5.10 Å². The first-order valence-corrected chi connectivity index (χ1v) is 8.57. The molecule has 9 heteroatoms. The molecular formula is C12H15BrN4O3S. The van der Waals surface area contributed by atoms with Crippen LogP contribution in [0.3, 0.4) is 0 Å². The van der Waals surface area contributed by atoms with E-state index in [-0.39, 0.29) is 16.5 Å². The number of hydrogen-bond acceptors (Lipinski definition) is 5. The largest absolute Gasteiger partial charge is 0.476 e. The lowest BCUT2D eigenvalue weighted by molar-refractivity contribution is 0.328. The van der Waals surface area contributed by atoms with Gasteiger partial charge in [0.1, 0.15) is 10.6 Å². The summed E-state index contributed by atoms with van der Waals surface area (Å²) >= 11 is 3.26. The molecular weight excluding hydrogens is 360 g/mol. The Morgan fingerprint density at radius 2 is 2.14 bits per heavy atom. The summed E-state index contributed by atoms with van der Waals surface area (Å²) in [5.74, 6) is 0.229. The number of nitrogens with zero attached hydrogens (tertiary/aromatic N) is 3. The highest BCUT2D eigenvalue weighted by atomic mass is 79.9. The van der Waals surface area contributed by atoms with Gasteiger partial charge in [0.15, 0.2) is 0 Å². The van der Waals surface area contributed by atoms with E-state index in [0.29, 0.717) is 17.6 Å². The summed E-state index contributed by atoms with van der Waals surface area (Å²) in [6.45, 7) is 4.66. The highest BCUT2D eigenvalue weighted by Crippen LogP contribution is 2.27. The zero-order valence-corrected chi connectivity index (χ0v) is 14.0. The number of rotatable bonds is 6. The average Bonchev–Trinajstić information content (AvgIpc) is 2.91. The molecule has 0 amide bonds. The van der Waals surface area contributed by atoms with Crippen LogP contribution in [0.5, 0.6) is 5.88 Å². The molecule has 0 aliphatic rings. The topological polar surface area (TPSA) is 86.1 Å². The minimum atomic E-state index is -3.73. The summed E-state index contributed by atoms with van der Waals surface area (Å²) in [5, 5.41) is 3.96. The van der Waals surface area contributed by atoms with Crippen LogP contribution in [0.15, 0.2) is 34.0 Å². The lowest BCUT2D eigenvalue weighted by Crippen LogP contribution is -2.14. The Kier molecular flexibility index (Phi) is 4.84. The van der Waals surface area contributed by atoms with Gasteiger partial charge in [0.25, 0.3) is 10.0 Å². The Hall–Kier alpha value is -1.61. The molecule has 0 atom stereocenters. The third kappa shape index (κ3) is 3.73. The van der Waals surface area contributed by atoms with Gasteiger partial charge in [-0.3, -0.25) is 9.40 Å². The lowest BCUT2D eigenvalue weighted by Gasteiger charge is -2.11.